The quantitative estimate of drug-likeness (QED) is 0.746. The summed E-state index contributed by atoms with van der Waals surface area (Å²) in [5.41, 5.74) is 2.96. The van der Waals surface area contributed by atoms with Gasteiger partial charge >= 0.3 is 5.97 Å². The van der Waals surface area contributed by atoms with E-state index in [0.717, 1.165) is 19.4 Å². The summed E-state index contributed by atoms with van der Waals surface area (Å²) in [6, 6.07) is 9.90. The maximum atomic E-state index is 11.9. The Labute approximate surface area is 151 Å². The Morgan fingerprint density at radius 2 is 2.04 bits per heavy atom. The first-order chi connectivity index (χ1) is 11.3. The van der Waals surface area contributed by atoms with Gasteiger partial charge in [-0.2, -0.15) is 0 Å². The molecule has 1 aromatic rings. The number of hydrogen-bond donors (Lipinski definition) is 0. The number of hydrogen-bond acceptors (Lipinski definition) is 3. The van der Waals surface area contributed by atoms with Crippen LogP contribution in [0.4, 0.5) is 0 Å². The van der Waals surface area contributed by atoms with Gasteiger partial charge in [-0.25, -0.2) is 0 Å². The van der Waals surface area contributed by atoms with Gasteiger partial charge in [0.05, 0.1) is 0 Å². The molecule has 3 aliphatic rings. The number of fused-ring (bicyclic) bond motifs is 5. The smallest absolute Gasteiger partial charge is 0.305 e. The van der Waals surface area contributed by atoms with E-state index in [1.807, 2.05) is 6.92 Å². The van der Waals surface area contributed by atoms with Crippen molar-refractivity contribution in [3.63, 3.8) is 0 Å². The lowest BCUT2D eigenvalue weighted by molar-refractivity contribution is -0.162. The number of halogens is 1. The lowest BCUT2D eigenvalue weighted by atomic mass is 9.71. The second-order valence-electron chi connectivity index (χ2n) is 7.34. The molecule has 1 aromatic carbocycles. The Balaban J connectivity index is 0.00000169. The zero-order valence-corrected chi connectivity index (χ0v) is 15.3. The molecule has 3 nitrogen and oxygen atoms in total. The van der Waals surface area contributed by atoms with Crippen molar-refractivity contribution in [3.8, 4) is 0 Å². The summed E-state index contributed by atoms with van der Waals surface area (Å²) in [6.45, 7) is 3.06. The van der Waals surface area contributed by atoms with Crippen molar-refractivity contribution in [1.29, 1.82) is 0 Å². The van der Waals surface area contributed by atoms with Crippen molar-refractivity contribution in [2.75, 3.05) is 6.54 Å². The maximum Gasteiger partial charge on any atom is 0.305 e. The van der Waals surface area contributed by atoms with Crippen LogP contribution in [0.1, 0.15) is 62.6 Å². The molecule has 4 atom stereocenters. The van der Waals surface area contributed by atoms with E-state index in [1.165, 1.54) is 36.8 Å². The largest absolute Gasteiger partial charge is 0.462 e. The fourth-order valence-electron chi connectivity index (χ4n) is 5.10. The molecule has 4 rings (SSSR count). The highest BCUT2D eigenvalue weighted by molar-refractivity contribution is 5.85. The molecule has 0 radical (unpaired) electrons. The SMILES string of the molecule is CCC(=O)OC1CC2c3ccccc3CCN2C2CCCCC12.Cl. The third kappa shape index (κ3) is 3.09. The third-order valence-corrected chi connectivity index (χ3v) is 6.17. The van der Waals surface area contributed by atoms with E-state index in [1.54, 1.807) is 0 Å². The summed E-state index contributed by atoms with van der Waals surface area (Å²) in [5, 5.41) is 0. The van der Waals surface area contributed by atoms with Crippen LogP contribution in [0.2, 0.25) is 0 Å². The van der Waals surface area contributed by atoms with E-state index in [2.05, 4.69) is 29.2 Å². The average Bonchev–Trinajstić information content (AvgIpc) is 2.61. The summed E-state index contributed by atoms with van der Waals surface area (Å²) in [6.07, 6.45) is 7.83. The monoisotopic (exact) mass is 349 g/mol. The fourth-order valence-corrected chi connectivity index (χ4v) is 5.10. The number of esters is 1. The van der Waals surface area contributed by atoms with Crippen LogP contribution in [0.15, 0.2) is 24.3 Å². The molecule has 24 heavy (non-hydrogen) atoms. The highest BCUT2D eigenvalue weighted by Crippen LogP contribution is 2.47. The van der Waals surface area contributed by atoms with Crippen molar-refractivity contribution in [2.45, 2.75) is 70.1 Å². The van der Waals surface area contributed by atoms with E-state index in [9.17, 15) is 4.79 Å². The molecule has 0 bridgehead atoms. The first-order valence-corrected chi connectivity index (χ1v) is 9.31. The summed E-state index contributed by atoms with van der Waals surface area (Å²) in [5.74, 6) is 0.512. The number of benzene rings is 1. The van der Waals surface area contributed by atoms with Crippen molar-refractivity contribution >= 4 is 18.4 Å². The van der Waals surface area contributed by atoms with Gasteiger partial charge in [-0.15, -0.1) is 12.4 Å². The van der Waals surface area contributed by atoms with Gasteiger partial charge < -0.3 is 4.74 Å². The Bertz CT molecular complexity index is 591. The molecular formula is C20H28ClNO2. The Morgan fingerprint density at radius 3 is 2.88 bits per heavy atom. The van der Waals surface area contributed by atoms with Crippen LogP contribution in [-0.4, -0.2) is 29.6 Å². The van der Waals surface area contributed by atoms with Gasteiger partial charge in [-0.1, -0.05) is 44.0 Å². The van der Waals surface area contributed by atoms with E-state index in [4.69, 9.17) is 4.74 Å². The fraction of sp³-hybridized carbons (Fsp3) is 0.650. The molecule has 1 aliphatic carbocycles. The topological polar surface area (TPSA) is 29.5 Å². The molecular weight excluding hydrogens is 322 g/mol. The number of carbonyl (C=O) groups is 1. The van der Waals surface area contributed by atoms with Crippen LogP contribution in [0.3, 0.4) is 0 Å². The van der Waals surface area contributed by atoms with E-state index < -0.39 is 0 Å². The summed E-state index contributed by atoms with van der Waals surface area (Å²) >= 11 is 0. The van der Waals surface area contributed by atoms with Crippen LogP contribution in [0.5, 0.6) is 0 Å². The number of nitrogens with zero attached hydrogens (tertiary/aromatic N) is 1. The summed E-state index contributed by atoms with van der Waals surface area (Å²) < 4.78 is 5.91. The van der Waals surface area contributed by atoms with Crippen molar-refractivity contribution < 1.29 is 9.53 Å². The minimum atomic E-state index is -0.0307. The van der Waals surface area contributed by atoms with Crippen LogP contribution in [-0.2, 0) is 16.0 Å². The van der Waals surface area contributed by atoms with E-state index in [0.29, 0.717) is 24.4 Å². The normalized spacial score (nSPS) is 31.9. The maximum absolute atomic E-state index is 11.9. The van der Waals surface area contributed by atoms with Crippen LogP contribution < -0.4 is 0 Å². The first-order valence-electron chi connectivity index (χ1n) is 9.31. The highest BCUT2D eigenvalue weighted by Gasteiger charge is 2.47. The minimum absolute atomic E-state index is 0. The molecule has 4 unspecified atom stereocenters. The lowest BCUT2D eigenvalue weighted by Gasteiger charge is -2.53. The predicted octanol–water partition coefficient (Wildman–Crippen LogP) is 4.29. The number of carbonyl (C=O) groups excluding carboxylic acids is 1. The van der Waals surface area contributed by atoms with Gasteiger partial charge in [0.1, 0.15) is 6.10 Å². The van der Waals surface area contributed by atoms with Crippen molar-refractivity contribution in [2.24, 2.45) is 5.92 Å². The number of rotatable bonds is 2. The summed E-state index contributed by atoms with van der Waals surface area (Å²) in [4.78, 5) is 14.7. The lowest BCUT2D eigenvalue weighted by Crippen LogP contribution is -2.56. The average molecular weight is 350 g/mol. The molecule has 2 heterocycles. The molecule has 1 saturated carbocycles. The second kappa shape index (κ2) is 7.45. The van der Waals surface area contributed by atoms with Gasteiger partial charge in [0, 0.05) is 37.4 Å². The number of ether oxygens (including phenoxy) is 1. The Morgan fingerprint density at radius 1 is 1.25 bits per heavy atom. The van der Waals surface area contributed by atoms with Gasteiger partial charge in [0.25, 0.3) is 0 Å². The van der Waals surface area contributed by atoms with E-state index >= 15 is 0 Å². The molecule has 2 aliphatic heterocycles. The van der Waals surface area contributed by atoms with Crippen molar-refractivity contribution in [1.82, 2.24) is 4.90 Å². The minimum Gasteiger partial charge on any atom is -0.462 e. The summed E-state index contributed by atoms with van der Waals surface area (Å²) in [7, 11) is 0. The molecule has 0 amide bonds. The Kier molecular flexibility index (Phi) is 5.51. The van der Waals surface area contributed by atoms with Gasteiger partial charge in [-0.3, -0.25) is 9.69 Å². The van der Waals surface area contributed by atoms with Crippen LogP contribution in [0, 0.1) is 5.92 Å². The molecule has 0 aromatic heterocycles. The van der Waals surface area contributed by atoms with E-state index in [-0.39, 0.29) is 24.5 Å². The molecule has 0 N–H and O–H groups in total. The van der Waals surface area contributed by atoms with Crippen molar-refractivity contribution in [3.05, 3.63) is 35.4 Å². The van der Waals surface area contributed by atoms with Crippen LogP contribution in [0.25, 0.3) is 0 Å². The van der Waals surface area contributed by atoms with Gasteiger partial charge in [0.15, 0.2) is 0 Å². The molecule has 1 saturated heterocycles. The van der Waals surface area contributed by atoms with Gasteiger partial charge in [-0.05, 0) is 30.4 Å². The zero-order valence-electron chi connectivity index (χ0n) is 14.4. The molecule has 0 spiro atoms. The highest BCUT2D eigenvalue weighted by atomic mass is 35.5. The molecule has 4 heteroatoms. The predicted molar refractivity (Wildman–Crippen MR) is 97.4 cm³/mol. The van der Waals surface area contributed by atoms with Gasteiger partial charge in [0.2, 0.25) is 0 Å². The zero-order chi connectivity index (χ0) is 15.8. The first kappa shape index (κ1) is 17.8. The molecule has 2 fully saturated rings. The third-order valence-electron chi connectivity index (χ3n) is 6.17. The number of piperidine rings is 1. The standard InChI is InChI=1S/C20H27NO2.ClH/c1-2-20(22)23-19-13-18-15-8-4-3-7-14(15)11-12-21(18)17-10-6-5-9-16(17)19;/h3-4,7-8,16-19H,2,5-6,9-13H2,1H3;1H. The Hall–Kier alpha value is -1.06. The van der Waals surface area contributed by atoms with Crippen LogP contribution >= 0.6 is 12.4 Å². The molecule has 132 valence electrons. The second-order valence-corrected chi connectivity index (χ2v) is 7.34.